The topological polar surface area (TPSA) is 119 Å². The van der Waals surface area contributed by atoms with E-state index in [1.54, 1.807) is 5.06 Å². The lowest BCUT2D eigenvalue weighted by Gasteiger charge is -2.37. The molecule has 0 aliphatic carbocycles. The predicted molar refractivity (Wildman–Crippen MR) is 166 cm³/mol. The third-order valence-electron chi connectivity index (χ3n) is 8.58. The second-order valence-corrected chi connectivity index (χ2v) is 12.2. The normalized spacial score (nSPS) is 18.0. The monoisotopic (exact) mass is 587 g/mol. The Balaban J connectivity index is 1.09. The number of para-hydroxylation sites is 2. The summed E-state index contributed by atoms with van der Waals surface area (Å²) >= 11 is 0. The number of aromatic amines is 2. The van der Waals surface area contributed by atoms with E-state index in [9.17, 15) is 14.4 Å². The van der Waals surface area contributed by atoms with Crippen LogP contribution < -0.4 is 11.0 Å². The first kappa shape index (κ1) is 29.0. The molecule has 1 unspecified atom stereocenters. The van der Waals surface area contributed by atoms with Gasteiger partial charge in [-0.1, -0.05) is 32.0 Å². The van der Waals surface area contributed by atoms with Crippen molar-refractivity contribution in [2.45, 2.75) is 45.2 Å². The summed E-state index contributed by atoms with van der Waals surface area (Å²) in [5.74, 6) is 0.482. The smallest absolute Gasteiger partial charge is 0.361 e. The van der Waals surface area contributed by atoms with Crippen molar-refractivity contribution in [3.05, 3.63) is 70.8 Å². The number of rotatable bonds is 8. The van der Waals surface area contributed by atoms with Gasteiger partial charge in [0.15, 0.2) is 0 Å². The van der Waals surface area contributed by atoms with Crippen LogP contribution in [0.25, 0.3) is 21.9 Å². The summed E-state index contributed by atoms with van der Waals surface area (Å²) in [5.41, 5.74) is 3.57. The molecule has 4 aromatic rings. The lowest BCUT2D eigenvalue weighted by atomic mass is 10.0. The quantitative estimate of drug-likeness (QED) is 0.291. The number of imidazole rings is 1. The van der Waals surface area contributed by atoms with E-state index in [2.05, 4.69) is 40.1 Å². The summed E-state index contributed by atoms with van der Waals surface area (Å²) in [7, 11) is 0. The molecule has 1 atom stereocenters. The zero-order valence-corrected chi connectivity index (χ0v) is 24.9. The zero-order valence-electron chi connectivity index (χ0n) is 24.9. The number of benzene rings is 2. The molecule has 0 saturated carbocycles. The van der Waals surface area contributed by atoms with Gasteiger partial charge in [0.1, 0.15) is 6.04 Å². The van der Waals surface area contributed by atoms with Crippen LogP contribution in [0.3, 0.4) is 0 Å². The minimum atomic E-state index is -0.747. The number of amides is 2. The van der Waals surface area contributed by atoms with E-state index in [0.717, 1.165) is 47.1 Å². The molecule has 2 aromatic carbocycles. The molecule has 0 bridgehead atoms. The largest absolute Gasteiger partial charge is 0.426 e. The number of fused-ring (bicyclic) bond motifs is 2. The van der Waals surface area contributed by atoms with Crippen molar-refractivity contribution in [3.8, 4) is 0 Å². The van der Waals surface area contributed by atoms with Crippen molar-refractivity contribution >= 4 is 33.9 Å². The molecule has 2 aliphatic heterocycles. The maximum absolute atomic E-state index is 13.8. The van der Waals surface area contributed by atoms with Gasteiger partial charge >= 0.3 is 11.8 Å². The molecule has 228 valence electrons. The zero-order chi connectivity index (χ0) is 29.9. The van der Waals surface area contributed by atoms with Gasteiger partial charge in [0.05, 0.1) is 11.0 Å². The molecule has 4 heterocycles. The number of hydrogen-bond acceptors (Lipinski definition) is 6. The first-order valence-corrected chi connectivity index (χ1v) is 15.3. The number of hydroxylamine groups is 2. The highest BCUT2D eigenvalue weighted by molar-refractivity contribution is 5.86. The number of nitrogens with one attached hydrogen (secondary N) is 3. The van der Waals surface area contributed by atoms with E-state index in [4.69, 9.17) is 4.84 Å². The number of H-pyrrole nitrogens is 2. The van der Waals surface area contributed by atoms with Crippen molar-refractivity contribution in [2.75, 3.05) is 45.8 Å². The van der Waals surface area contributed by atoms with Crippen LogP contribution in [0.5, 0.6) is 0 Å². The molecule has 2 fully saturated rings. The molecular weight excluding hydrogens is 546 g/mol. The Morgan fingerprint density at radius 3 is 2.51 bits per heavy atom. The predicted octanol–water partition coefficient (Wildman–Crippen LogP) is 3.50. The van der Waals surface area contributed by atoms with Gasteiger partial charge in [0.25, 0.3) is 0 Å². The average molecular weight is 588 g/mol. The number of carbonyl (C=O) groups excluding carboxylic acids is 2. The Hall–Kier alpha value is -4.09. The summed E-state index contributed by atoms with van der Waals surface area (Å²) in [6.45, 7) is 9.32. The van der Waals surface area contributed by atoms with E-state index in [1.807, 2.05) is 58.1 Å². The summed E-state index contributed by atoms with van der Waals surface area (Å²) in [6.07, 6.45) is 2.94. The first-order chi connectivity index (χ1) is 20.8. The van der Waals surface area contributed by atoms with Crippen LogP contribution in [-0.2, 0) is 16.1 Å². The second kappa shape index (κ2) is 12.6. The highest BCUT2D eigenvalue weighted by atomic mass is 16.7. The van der Waals surface area contributed by atoms with Crippen molar-refractivity contribution in [1.82, 2.24) is 34.7 Å². The molecule has 6 rings (SSSR count). The molecule has 43 heavy (non-hydrogen) atoms. The summed E-state index contributed by atoms with van der Waals surface area (Å²) in [4.78, 5) is 55.6. The van der Waals surface area contributed by atoms with Gasteiger partial charge in [-0.2, -0.15) is 0 Å². The van der Waals surface area contributed by atoms with Gasteiger partial charge in [-0.3, -0.25) is 14.3 Å². The standard InChI is InChI=1S/C32H41N7O4/c1-22(2)21-36-15-17-37(18-16-36)30(40)28(20-23-7-8-26-24(19-23)9-12-33-26)35-32(42)43-38-13-10-25(11-14-38)39-29-6-4-3-5-27(29)34-31(39)41/h3-9,12,19,22,25,28,33H,10-11,13-18,20-21H2,1-2H3,(H,34,41)(H,35,42). The molecule has 0 spiro atoms. The molecule has 2 aromatic heterocycles. The van der Waals surface area contributed by atoms with Crippen LogP contribution in [0.2, 0.25) is 0 Å². The van der Waals surface area contributed by atoms with E-state index < -0.39 is 12.1 Å². The van der Waals surface area contributed by atoms with Gasteiger partial charge in [0.2, 0.25) is 5.91 Å². The van der Waals surface area contributed by atoms with Crippen LogP contribution in [0.15, 0.2) is 59.5 Å². The minimum Gasteiger partial charge on any atom is -0.361 e. The Kier molecular flexibility index (Phi) is 8.53. The van der Waals surface area contributed by atoms with Gasteiger partial charge in [-0.25, -0.2) is 9.59 Å². The SMILES string of the molecule is CC(C)CN1CCN(C(=O)C(Cc2ccc3[nH]ccc3c2)NC(=O)ON2CCC(n3c(=O)[nH]c4ccccc43)CC2)CC1. The van der Waals surface area contributed by atoms with Crippen molar-refractivity contribution in [3.63, 3.8) is 0 Å². The summed E-state index contributed by atoms with van der Waals surface area (Å²) in [6, 6.07) is 15.0. The fourth-order valence-corrected chi connectivity index (χ4v) is 6.47. The highest BCUT2D eigenvalue weighted by Crippen LogP contribution is 2.25. The average Bonchev–Trinajstić information content (AvgIpc) is 3.60. The molecule has 0 radical (unpaired) electrons. The molecule has 11 heteroatoms. The third-order valence-corrected chi connectivity index (χ3v) is 8.58. The molecule has 11 nitrogen and oxygen atoms in total. The van der Waals surface area contributed by atoms with Crippen LogP contribution >= 0.6 is 0 Å². The van der Waals surface area contributed by atoms with E-state index >= 15 is 0 Å². The fourth-order valence-electron chi connectivity index (χ4n) is 6.47. The van der Waals surface area contributed by atoms with Crippen LogP contribution in [0.4, 0.5) is 4.79 Å². The van der Waals surface area contributed by atoms with Gasteiger partial charge in [-0.05, 0) is 60.0 Å². The van der Waals surface area contributed by atoms with E-state index in [0.29, 0.717) is 51.4 Å². The maximum atomic E-state index is 13.8. The number of piperazine rings is 1. The Labute approximate surface area is 250 Å². The second-order valence-electron chi connectivity index (χ2n) is 12.2. The summed E-state index contributed by atoms with van der Waals surface area (Å²) in [5, 5.41) is 5.58. The number of aromatic nitrogens is 3. The van der Waals surface area contributed by atoms with Gasteiger partial charge in [0, 0.05) is 70.0 Å². The van der Waals surface area contributed by atoms with E-state index in [-0.39, 0.29) is 17.6 Å². The Morgan fingerprint density at radius 2 is 1.74 bits per heavy atom. The van der Waals surface area contributed by atoms with Crippen LogP contribution in [0.1, 0.15) is 38.3 Å². The lowest BCUT2D eigenvalue weighted by Crippen LogP contribution is -2.56. The van der Waals surface area contributed by atoms with Crippen molar-refractivity contribution in [2.24, 2.45) is 5.92 Å². The molecule has 2 saturated heterocycles. The molecular formula is C32H41N7O4. The van der Waals surface area contributed by atoms with E-state index in [1.165, 1.54) is 0 Å². The summed E-state index contributed by atoms with van der Waals surface area (Å²) < 4.78 is 1.81. The van der Waals surface area contributed by atoms with Crippen molar-refractivity contribution < 1.29 is 14.4 Å². The van der Waals surface area contributed by atoms with Gasteiger partial charge < -0.3 is 25.0 Å². The minimum absolute atomic E-state index is 0.0126. The number of piperidine rings is 1. The Morgan fingerprint density at radius 1 is 0.977 bits per heavy atom. The van der Waals surface area contributed by atoms with Crippen LogP contribution in [0, 0.1) is 5.92 Å². The molecule has 2 aliphatic rings. The van der Waals surface area contributed by atoms with Crippen molar-refractivity contribution in [1.29, 1.82) is 0 Å². The first-order valence-electron chi connectivity index (χ1n) is 15.3. The fraction of sp³-hybridized carbons (Fsp3) is 0.469. The lowest BCUT2D eigenvalue weighted by molar-refractivity contribution is -0.137. The molecule has 2 amide bonds. The van der Waals surface area contributed by atoms with Crippen LogP contribution in [-0.4, -0.2) is 93.3 Å². The number of nitrogens with zero attached hydrogens (tertiary/aromatic N) is 4. The highest BCUT2D eigenvalue weighted by Gasteiger charge is 2.31. The Bertz CT molecular complexity index is 1620. The number of hydrogen-bond donors (Lipinski definition) is 3. The maximum Gasteiger partial charge on any atom is 0.426 e. The van der Waals surface area contributed by atoms with Gasteiger partial charge in [-0.15, -0.1) is 5.06 Å². The number of carbonyl (C=O) groups is 2. The molecule has 3 N–H and O–H groups in total. The third kappa shape index (κ3) is 6.62.